The first kappa shape index (κ1) is 10.2. The van der Waals surface area contributed by atoms with Crippen LogP contribution in [0, 0.1) is 16.7 Å². The van der Waals surface area contributed by atoms with Crippen molar-refractivity contribution >= 4 is 0 Å². The second kappa shape index (κ2) is 3.08. The molecule has 1 aromatic rings. The average Bonchev–Trinajstić information content (AvgIpc) is 2.82. The third kappa shape index (κ3) is 1.35. The second-order valence-corrected chi connectivity index (χ2v) is 4.99. The smallest absolute Gasteiger partial charge is 0.0991 e. The van der Waals surface area contributed by atoms with Crippen LogP contribution in [-0.4, -0.2) is 11.7 Å². The van der Waals surface area contributed by atoms with Gasteiger partial charge in [0.15, 0.2) is 0 Å². The number of benzene rings is 1. The molecule has 0 spiro atoms. The van der Waals surface area contributed by atoms with Crippen LogP contribution in [0.2, 0.25) is 0 Å². The molecule has 1 atom stereocenters. The number of nitriles is 1. The highest BCUT2D eigenvalue weighted by molar-refractivity contribution is 5.41. The summed E-state index contributed by atoms with van der Waals surface area (Å²) in [5.74, 6) is 0. The predicted molar refractivity (Wildman–Crippen MR) is 58.3 cm³/mol. The van der Waals surface area contributed by atoms with Crippen molar-refractivity contribution in [2.45, 2.75) is 25.7 Å². The lowest BCUT2D eigenvalue weighted by Gasteiger charge is -2.18. The number of aliphatic hydroxyl groups is 1. The fourth-order valence-electron chi connectivity index (χ4n) is 2.43. The Morgan fingerprint density at radius 3 is 2.20 bits per heavy atom. The predicted octanol–water partition coefficient (Wildman–Crippen LogP) is 2.22. The molecule has 2 heteroatoms. The fraction of sp³-hybridized carbons (Fsp3) is 0.462. The normalized spacial score (nSPS) is 27.1. The molecular formula is C13H15NO. The summed E-state index contributed by atoms with van der Waals surface area (Å²) in [6.07, 6.45) is 1.02. The highest BCUT2D eigenvalue weighted by Crippen LogP contribution is 2.63. The van der Waals surface area contributed by atoms with E-state index in [4.69, 9.17) is 5.26 Å². The van der Waals surface area contributed by atoms with E-state index >= 15 is 0 Å². The van der Waals surface area contributed by atoms with Crippen LogP contribution in [0.15, 0.2) is 24.3 Å². The van der Waals surface area contributed by atoms with E-state index in [1.54, 1.807) is 0 Å². The molecule has 1 aliphatic carbocycles. The van der Waals surface area contributed by atoms with E-state index in [1.807, 2.05) is 24.3 Å². The number of nitrogens with zero attached hydrogens (tertiary/aromatic N) is 1. The summed E-state index contributed by atoms with van der Waals surface area (Å²) < 4.78 is 0. The molecule has 1 aromatic carbocycles. The molecule has 0 bridgehead atoms. The lowest BCUT2D eigenvalue weighted by atomic mass is 9.88. The molecule has 1 unspecified atom stereocenters. The van der Waals surface area contributed by atoms with Crippen LogP contribution in [0.25, 0.3) is 0 Å². The van der Waals surface area contributed by atoms with Crippen LogP contribution >= 0.6 is 0 Å². The molecular weight excluding hydrogens is 186 g/mol. The molecule has 78 valence electrons. The van der Waals surface area contributed by atoms with Crippen LogP contribution < -0.4 is 0 Å². The van der Waals surface area contributed by atoms with Crippen LogP contribution in [0.5, 0.6) is 0 Å². The van der Waals surface area contributed by atoms with Crippen LogP contribution in [0.1, 0.15) is 31.4 Å². The average molecular weight is 201 g/mol. The van der Waals surface area contributed by atoms with Crippen molar-refractivity contribution in [2.75, 3.05) is 6.61 Å². The molecule has 2 rings (SSSR count). The lowest BCUT2D eigenvalue weighted by Crippen LogP contribution is -2.19. The Morgan fingerprint density at radius 2 is 1.87 bits per heavy atom. The van der Waals surface area contributed by atoms with Gasteiger partial charge in [-0.05, 0) is 29.5 Å². The van der Waals surface area contributed by atoms with Gasteiger partial charge in [-0.1, -0.05) is 26.0 Å². The zero-order valence-corrected chi connectivity index (χ0v) is 9.12. The van der Waals surface area contributed by atoms with Crippen molar-refractivity contribution in [2.24, 2.45) is 5.41 Å². The Hall–Kier alpha value is -1.33. The maximum absolute atomic E-state index is 9.51. The summed E-state index contributed by atoms with van der Waals surface area (Å²) in [5, 5.41) is 18.2. The van der Waals surface area contributed by atoms with Crippen LogP contribution in [0.3, 0.4) is 0 Å². The number of hydrogen-bond donors (Lipinski definition) is 1. The number of aliphatic hydroxyl groups excluding tert-OH is 1. The van der Waals surface area contributed by atoms with Crippen molar-refractivity contribution in [3.05, 3.63) is 35.4 Å². The van der Waals surface area contributed by atoms with Crippen molar-refractivity contribution in [1.82, 2.24) is 0 Å². The van der Waals surface area contributed by atoms with E-state index in [0.29, 0.717) is 5.56 Å². The quantitative estimate of drug-likeness (QED) is 0.797. The Morgan fingerprint density at radius 1 is 1.33 bits per heavy atom. The Balaban J connectivity index is 2.35. The standard InChI is InChI=1S/C13H15NO/c1-12(2)8-13(12,9-15)11-5-3-10(7-14)4-6-11/h3-6,15H,8-9H2,1-2H3. The highest BCUT2D eigenvalue weighted by atomic mass is 16.3. The summed E-state index contributed by atoms with van der Waals surface area (Å²) in [5.41, 5.74) is 1.91. The first-order valence-electron chi connectivity index (χ1n) is 5.17. The van der Waals surface area contributed by atoms with Gasteiger partial charge in [-0.25, -0.2) is 0 Å². The minimum Gasteiger partial charge on any atom is -0.395 e. The van der Waals surface area contributed by atoms with Crippen LogP contribution in [-0.2, 0) is 5.41 Å². The molecule has 0 heterocycles. The van der Waals surface area contributed by atoms with E-state index < -0.39 is 0 Å². The van der Waals surface area contributed by atoms with Crippen molar-refractivity contribution in [3.8, 4) is 6.07 Å². The molecule has 0 saturated heterocycles. The van der Waals surface area contributed by atoms with Gasteiger partial charge in [-0.3, -0.25) is 0 Å². The third-order valence-electron chi connectivity index (χ3n) is 3.75. The Bertz CT molecular complexity index is 413. The Kier molecular flexibility index (Phi) is 2.09. The minimum atomic E-state index is -0.0824. The van der Waals surface area contributed by atoms with Gasteiger partial charge in [0.1, 0.15) is 0 Å². The van der Waals surface area contributed by atoms with E-state index in [-0.39, 0.29) is 17.4 Å². The van der Waals surface area contributed by atoms with E-state index in [1.165, 1.54) is 0 Å². The molecule has 1 saturated carbocycles. The second-order valence-electron chi connectivity index (χ2n) is 4.99. The van der Waals surface area contributed by atoms with Crippen LogP contribution in [0.4, 0.5) is 0 Å². The van der Waals surface area contributed by atoms with Crippen molar-refractivity contribution < 1.29 is 5.11 Å². The molecule has 0 amide bonds. The summed E-state index contributed by atoms with van der Waals surface area (Å²) >= 11 is 0. The monoisotopic (exact) mass is 201 g/mol. The zero-order valence-electron chi connectivity index (χ0n) is 9.12. The van der Waals surface area contributed by atoms with E-state index in [2.05, 4.69) is 19.9 Å². The summed E-state index contributed by atoms with van der Waals surface area (Å²) in [6.45, 7) is 4.52. The van der Waals surface area contributed by atoms with E-state index in [9.17, 15) is 5.11 Å². The van der Waals surface area contributed by atoms with Gasteiger partial charge in [0.2, 0.25) is 0 Å². The molecule has 1 N–H and O–H groups in total. The van der Waals surface area contributed by atoms with Gasteiger partial charge in [0.05, 0.1) is 18.2 Å². The SMILES string of the molecule is CC1(C)CC1(CO)c1ccc(C#N)cc1. The van der Waals surface area contributed by atoms with Gasteiger partial charge >= 0.3 is 0 Å². The molecule has 2 nitrogen and oxygen atoms in total. The molecule has 15 heavy (non-hydrogen) atoms. The first-order chi connectivity index (χ1) is 7.05. The highest BCUT2D eigenvalue weighted by Gasteiger charge is 2.61. The zero-order chi connectivity index (χ0) is 11.1. The molecule has 0 radical (unpaired) electrons. The van der Waals surface area contributed by atoms with Gasteiger partial charge in [0, 0.05) is 5.41 Å². The topological polar surface area (TPSA) is 44.0 Å². The van der Waals surface area contributed by atoms with Gasteiger partial charge in [-0.15, -0.1) is 0 Å². The molecule has 1 fully saturated rings. The third-order valence-corrected chi connectivity index (χ3v) is 3.75. The number of rotatable bonds is 2. The van der Waals surface area contributed by atoms with Gasteiger partial charge in [-0.2, -0.15) is 5.26 Å². The summed E-state index contributed by atoms with van der Waals surface area (Å²) in [6, 6.07) is 9.67. The Labute approximate surface area is 90.2 Å². The van der Waals surface area contributed by atoms with Crippen molar-refractivity contribution in [3.63, 3.8) is 0 Å². The maximum Gasteiger partial charge on any atom is 0.0991 e. The summed E-state index contributed by atoms with van der Waals surface area (Å²) in [7, 11) is 0. The van der Waals surface area contributed by atoms with Gasteiger partial charge in [0.25, 0.3) is 0 Å². The molecule has 0 aliphatic heterocycles. The minimum absolute atomic E-state index is 0.0824. The largest absolute Gasteiger partial charge is 0.395 e. The molecule has 1 aliphatic rings. The van der Waals surface area contributed by atoms with Gasteiger partial charge < -0.3 is 5.11 Å². The van der Waals surface area contributed by atoms with E-state index in [0.717, 1.165) is 12.0 Å². The van der Waals surface area contributed by atoms with Crippen molar-refractivity contribution in [1.29, 1.82) is 5.26 Å². The summed E-state index contributed by atoms with van der Waals surface area (Å²) in [4.78, 5) is 0. The first-order valence-corrected chi connectivity index (χ1v) is 5.17. The number of hydrogen-bond acceptors (Lipinski definition) is 2. The lowest BCUT2D eigenvalue weighted by molar-refractivity contribution is 0.231. The fourth-order valence-corrected chi connectivity index (χ4v) is 2.43. The molecule has 0 aromatic heterocycles. The maximum atomic E-state index is 9.51.